The third-order valence-corrected chi connectivity index (χ3v) is 4.00. The maximum Gasteiger partial charge on any atom is 0.234 e. The van der Waals surface area contributed by atoms with Crippen LogP contribution in [0.5, 0.6) is 0 Å². The Morgan fingerprint density at radius 2 is 1.82 bits per heavy atom. The van der Waals surface area contributed by atoms with E-state index in [1.165, 1.54) is 0 Å². The van der Waals surface area contributed by atoms with E-state index in [1.807, 2.05) is 24.3 Å². The number of hydrogen-bond acceptors (Lipinski definition) is 3. The van der Waals surface area contributed by atoms with Crippen LogP contribution in [0.2, 0.25) is 5.02 Å². The highest BCUT2D eigenvalue weighted by Gasteiger charge is 2.29. The van der Waals surface area contributed by atoms with Crippen molar-refractivity contribution >= 4 is 29.9 Å². The van der Waals surface area contributed by atoms with E-state index in [1.54, 1.807) is 7.11 Å². The Morgan fingerprint density at radius 3 is 2.32 bits per heavy atom. The minimum absolute atomic E-state index is 0. The van der Waals surface area contributed by atoms with E-state index in [2.05, 4.69) is 24.5 Å². The standard InChI is InChI=1S/C16H25ClN2O2.ClH/c1-4-16(5-2,13-6-8-14(17)9-7-13)19-15(20)12-18-10-11-21-3;/h6-9,18H,4-5,10-12H2,1-3H3,(H,19,20);1H. The van der Waals surface area contributed by atoms with Crippen molar-refractivity contribution in [1.82, 2.24) is 10.6 Å². The molecule has 0 spiro atoms. The first kappa shape index (κ1) is 21.2. The van der Waals surface area contributed by atoms with Gasteiger partial charge in [0.15, 0.2) is 0 Å². The highest BCUT2D eigenvalue weighted by atomic mass is 35.5. The zero-order chi connectivity index (χ0) is 15.7. The van der Waals surface area contributed by atoms with Crippen LogP contribution in [0.25, 0.3) is 0 Å². The van der Waals surface area contributed by atoms with Gasteiger partial charge in [0.1, 0.15) is 0 Å². The summed E-state index contributed by atoms with van der Waals surface area (Å²) in [6.45, 7) is 5.71. The topological polar surface area (TPSA) is 50.4 Å². The molecule has 0 saturated heterocycles. The minimum atomic E-state index is -0.343. The number of nitrogens with one attached hydrogen (secondary N) is 2. The van der Waals surface area contributed by atoms with Gasteiger partial charge in [-0.3, -0.25) is 4.79 Å². The predicted molar refractivity (Wildman–Crippen MR) is 93.8 cm³/mol. The van der Waals surface area contributed by atoms with Crippen molar-refractivity contribution in [3.63, 3.8) is 0 Å². The molecule has 0 heterocycles. The van der Waals surface area contributed by atoms with Crippen LogP contribution in [0.3, 0.4) is 0 Å². The fourth-order valence-corrected chi connectivity index (χ4v) is 2.49. The van der Waals surface area contributed by atoms with Gasteiger partial charge < -0.3 is 15.4 Å². The number of methoxy groups -OCH3 is 1. The van der Waals surface area contributed by atoms with Gasteiger partial charge in [-0.05, 0) is 30.5 Å². The lowest BCUT2D eigenvalue weighted by molar-refractivity contribution is -0.122. The minimum Gasteiger partial charge on any atom is -0.383 e. The molecule has 4 nitrogen and oxygen atoms in total. The van der Waals surface area contributed by atoms with Crippen LogP contribution < -0.4 is 10.6 Å². The predicted octanol–water partition coefficient (Wildman–Crippen LogP) is 3.13. The van der Waals surface area contributed by atoms with E-state index < -0.39 is 0 Å². The molecule has 6 heteroatoms. The van der Waals surface area contributed by atoms with E-state index in [4.69, 9.17) is 16.3 Å². The quantitative estimate of drug-likeness (QED) is 0.674. The largest absolute Gasteiger partial charge is 0.383 e. The number of hydrogen-bond donors (Lipinski definition) is 2. The molecule has 0 unspecified atom stereocenters. The van der Waals surface area contributed by atoms with Gasteiger partial charge >= 0.3 is 0 Å². The third kappa shape index (κ3) is 6.13. The average molecular weight is 349 g/mol. The maximum atomic E-state index is 12.1. The Morgan fingerprint density at radius 1 is 1.23 bits per heavy atom. The van der Waals surface area contributed by atoms with Crippen molar-refractivity contribution in [2.45, 2.75) is 32.2 Å². The van der Waals surface area contributed by atoms with Gasteiger partial charge in [0.2, 0.25) is 5.91 Å². The SMILES string of the molecule is CCC(CC)(NC(=O)CNCCOC)c1ccc(Cl)cc1.Cl. The summed E-state index contributed by atoms with van der Waals surface area (Å²) in [7, 11) is 1.64. The molecule has 0 aromatic heterocycles. The van der Waals surface area contributed by atoms with Crippen LogP contribution in [-0.4, -0.2) is 32.7 Å². The van der Waals surface area contributed by atoms with E-state index in [0.29, 0.717) is 24.7 Å². The van der Waals surface area contributed by atoms with Gasteiger partial charge in [-0.15, -0.1) is 12.4 Å². The van der Waals surface area contributed by atoms with Crippen molar-refractivity contribution in [2.75, 3.05) is 26.8 Å². The monoisotopic (exact) mass is 348 g/mol. The van der Waals surface area contributed by atoms with Gasteiger partial charge in [-0.25, -0.2) is 0 Å². The molecule has 0 atom stereocenters. The Kier molecular flexibility index (Phi) is 10.4. The van der Waals surface area contributed by atoms with E-state index in [-0.39, 0.29) is 23.9 Å². The molecule has 22 heavy (non-hydrogen) atoms. The fourth-order valence-electron chi connectivity index (χ4n) is 2.36. The van der Waals surface area contributed by atoms with E-state index in [9.17, 15) is 4.79 Å². The molecule has 0 radical (unpaired) electrons. The number of amides is 1. The van der Waals surface area contributed by atoms with Gasteiger partial charge in [0, 0.05) is 18.7 Å². The lowest BCUT2D eigenvalue weighted by Crippen LogP contribution is -2.48. The summed E-state index contributed by atoms with van der Waals surface area (Å²) >= 11 is 5.94. The van der Waals surface area contributed by atoms with Gasteiger partial charge in [-0.1, -0.05) is 37.6 Å². The van der Waals surface area contributed by atoms with Crippen molar-refractivity contribution in [1.29, 1.82) is 0 Å². The Labute approximate surface area is 144 Å². The normalized spacial score (nSPS) is 10.9. The summed E-state index contributed by atoms with van der Waals surface area (Å²) in [5.41, 5.74) is 0.743. The van der Waals surface area contributed by atoms with Crippen LogP contribution in [0, 0.1) is 0 Å². The lowest BCUT2D eigenvalue weighted by atomic mass is 9.84. The first-order valence-corrected chi connectivity index (χ1v) is 7.72. The molecule has 0 aliphatic heterocycles. The maximum absolute atomic E-state index is 12.1. The lowest BCUT2D eigenvalue weighted by Gasteiger charge is -2.33. The summed E-state index contributed by atoms with van der Waals surface area (Å²) in [4.78, 5) is 12.1. The molecule has 0 aliphatic rings. The first-order valence-electron chi connectivity index (χ1n) is 7.34. The molecule has 0 fully saturated rings. The molecule has 0 aliphatic carbocycles. The third-order valence-electron chi connectivity index (χ3n) is 3.75. The number of carbonyl (C=O) groups is 1. The second kappa shape index (κ2) is 10.8. The highest BCUT2D eigenvalue weighted by molar-refractivity contribution is 6.30. The molecule has 126 valence electrons. The summed E-state index contributed by atoms with van der Waals surface area (Å²) in [5.74, 6) is -0.00949. The van der Waals surface area contributed by atoms with Crippen LogP contribution >= 0.6 is 24.0 Å². The van der Waals surface area contributed by atoms with Crippen molar-refractivity contribution in [2.24, 2.45) is 0 Å². The fraction of sp³-hybridized carbons (Fsp3) is 0.562. The summed E-state index contributed by atoms with van der Waals surface area (Å²) < 4.78 is 4.94. The number of carbonyl (C=O) groups excluding carboxylic acids is 1. The number of halogens is 2. The van der Waals surface area contributed by atoms with Gasteiger partial charge in [-0.2, -0.15) is 0 Å². The highest BCUT2D eigenvalue weighted by Crippen LogP contribution is 2.29. The van der Waals surface area contributed by atoms with Crippen LogP contribution in [-0.2, 0) is 15.1 Å². The number of benzene rings is 1. The Bertz CT molecular complexity index is 434. The molecule has 1 rings (SSSR count). The molecule has 0 saturated carbocycles. The Hall–Kier alpha value is -0.810. The van der Waals surface area contributed by atoms with E-state index >= 15 is 0 Å². The van der Waals surface area contributed by atoms with Crippen molar-refractivity contribution in [3.8, 4) is 0 Å². The van der Waals surface area contributed by atoms with Crippen LogP contribution in [0.15, 0.2) is 24.3 Å². The summed E-state index contributed by atoms with van der Waals surface area (Å²) in [6.07, 6.45) is 1.66. The molecular weight excluding hydrogens is 323 g/mol. The first-order chi connectivity index (χ1) is 10.1. The molecule has 2 N–H and O–H groups in total. The van der Waals surface area contributed by atoms with Crippen LogP contribution in [0.1, 0.15) is 32.3 Å². The van der Waals surface area contributed by atoms with Crippen molar-refractivity contribution in [3.05, 3.63) is 34.9 Å². The molecular formula is C16H26Cl2N2O2. The van der Waals surface area contributed by atoms with Crippen LogP contribution in [0.4, 0.5) is 0 Å². The summed E-state index contributed by atoms with van der Waals surface area (Å²) in [6, 6.07) is 7.68. The average Bonchev–Trinajstić information content (AvgIpc) is 2.50. The van der Waals surface area contributed by atoms with Crippen molar-refractivity contribution < 1.29 is 9.53 Å². The molecule has 0 bridgehead atoms. The van der Waals surface area contributed by atoms with Gasteiger partial charge in [0.05, 0.1) is 18.7 Å². The molecule has 1 aromatic carbocycles. The Balaban J connectivity index is 0.00000441. The van der Waals surface area contributed by atoms with Gasteiger partial charge in [0.25, 0.3) is 0 Å². The summed E-state index contributed by atoms with van der Waals surface area (Å²) in [5, 5.41) is 6.92. The van der Waals surface area contributed by atoms with E-state index in [0.717, 1.165) is 18.4 Å². The zero-order valence-electron chi connectivity index (χ0n) is 13.4. The zero-order valence-corrected chi connectivity index (χ0v) is 15.0. The molecule has 1 aromatic rings. The smallest absolute Gasteiger partial charge is 0.234 e. The number of rotatable bonds is 9. The molecule has 1 amide bonds. The second-order valence-electron chi connectivity index (χ2n) is 5.01. The second-order valence-corrected chi connectivity index (χ2v) is 5.45. The number of ether oxygens (including phenoxy) is 1.